The number of amides is 1. The van der Waals surface area contributed by atoms with Crippen LogP contribution in [0.4, 0.5) is 0 Å². The number of hydrogen-bond acceptors (Lipinski definition) is 3. The summed E-state index contributed by atoms with van der Waals surface area (Å²) >= 11 is 1.77. The van der Waals surface area contributed by atoms with Gasteiger partial charge in [0.1, 0.15) is 4.75 Å². The SMILES string of the molecule is CC1(CC2CCOC2)SC(C[C@H]2C[C@@H]3CC[C@H]2C3)=NC1=O. The summed E-state index contributed by atoms with van der Waals surface area (Å²) in [6.07, 6.45) is 8.77. The summed E-state index contributed by atoms with van der Waals surface area (Å²) in [5.74, 6) is 3.36. The van der Waals surface area contributed by atoms with Crippen LogP contribution in [0.2, 0.25) is 0 Å². The predicted molar refractivity (Wildman–Crippen MR) is 85.5 cm³/mol. The van der Waals surface area contributed by atoms with Gasteiger partial charge in [0.05, 0.1) is 5.04 Å². The van der Waals surface area contributed by atoms with Gasteiger partial charge in [-0.1, -0.05) is 18.2 Å². The quantitative estimate of drug-likeness (QED) is 0.795. The molecule has 4 rings (SSSR count). The van der Waals surface area contributed by atoms with Crippen molar-refractivity contribution in [2.45, 2.75) is 56.6 Å². The van der Waals surface area contributed by atoms with E-state index in [0.29, 0.717) is 5.92 Å². The van der Waals surface area contributed by atoms with Gasteiger partial charge in [-0.25, -0.2) is 4.99 Å². The molecule has 2 aliphatic heterocycles. The monoisotopic (exact) mass is 307 g/mol. The second-order valence-electron chi connectivity index (χ2n) is 7.72. The number of ether oxygens (including phenoxy) is 1. The van der Waals surface area contributed by atoms with Gasteiger partial charge in [0.25, 0.3) is 5.91 Å². The summed E-state index contributed by atoms with van der Waals surface area (Å²) in [5, 5.41) is 1.12. The Kier molecular flexibility index (Phi) is 3.65. The lowest BCUT2D eigenvalue weighted by Crippen LogP contribution is -2.30. The normalized spacial score (nSPS) is 45.6. The second kappa shape index (κ2) is 5.38. The zero-order valence-electron chi connectivity index (χ0n) is 12.8. The van der Waals surface area contributed by atoms with Crippen molar-refractivity contribution >= 4 is 22.7 Å². The molecule has 2 heterocycles. The molecule has 0 N–H and O–H groups in total. The van der Waals surface area contributed by atoms with Crippen molar-refractivity contribution in [1.82, 2.24) is 0 Å². The van der Waals surface area contributed by atoms with E-state index in [2.05, 4.69) is 11.9 Å². The van der Waals surface area contributed by atoms with Crippen LogP contribution < -0.4 is 0 Å². The van der Waals surface area contributed by atoms with Gasteiger partial charge in [0.2, 0.25) is 0 Å². The van der Waals surface area contributed by atoms with Crippen LogP contribution in [-0.2, 0) is 9.53 Å². The molecule has 0 radical (unpaired) electrons. The van der Waals surface area contributed by atoms with Crippen LogP contribution in [-0.4, -0.2) is 28.9 Å². The molecule has 2 saturated carbocycles. The van der Waals surface area contributed by atoms with Gasteiger partial charge >= 0.3 is 0 Å². The molecular weight excluding hydrogens is 282 g/mol. The highest BCUT2D eigenvalue weighted by molar-refractivity contribution is 8.16. The Morgan fingerprint density at radius 2 is 2.24 bits per heavy atom. The fourth-order valence-electron chi connectivity index (χ4n) is 4.92. The summed E-state index contributed by atoms with van der Waals surface area (Å²) in [5.41, 5.74) is 0. The van der Waals surface area contributed by atoms with Gasteiger partial charge in [-0.05, 0) is 69.1 Å². The van der Waals surface area contributed by atoms with E-state index in [1.807, 2.05) is 0 Å². The van der Waals surface area contributed by atoms with E-state index >= 15 is 0 Å². The van der Waals surface area contributed by atoms with Crippen molar-refractivity contribution in [3.05, 3.63) is 0 Å². The summed E-state index contributed by atoms with van der Waals surface area (Å²) in [6, 6.07) is 0. The van der Waals surface area contributed by atoms with E-state index in [-0.39, 0.29) is 10.7 Å². The molecule has 0 spiro atoms. The Balaban J connectivity index is 1.37. The van der Waals surface area contributed by atoms with Gasteiger partial charge in [-0.3, -0.25) is 4.79 Å². The third-order valence-corrected chi connectivity index (χ3v) is 7.33. The van der Waals surface area contributed by atoms with Gasteiger partial charge in [0, 0.05) is 13.2 Å². The summed E-state index contributed by atoms with van der Waals surface area (Å²) < 4.78 is 5.14. The Hall–Kier alpha value is -0.350. The molecule has 4 heteroatoms. The Bertz CT molecular complexity index is 471. The lowest BCUT2D eigenvalue weighted by Gasteiger charge is -2.24. The standard InChI is InChI=1S/C17H25NO2S/c1-17(9-12-4-5-20-10-12)16(19)18-15(21-17)8-14-7-11-2-3-13(14)6-11/h11-14H,2-10H2,1H3/t11-,12?,13+,14-,17?/m1/s1. The first kappa shape index (κ1) is 14.3. The molecule has 0 aromatic heterocycles. The minimum absolute atomic E-state index is 0.109. The van der Waals surface area contributed by atoms with E-state index in [1.165, 1.54) is 25.7 Å². The molecule has 21 heavy (non-hydrogen) atoms. The van der Waals surface area contributed by atoms with Crippen LogP contribution in [0.5, 0.6) is 0 Å². The Morgan fingerprint density at radius 3 is 2.90 bits per heavy atom. The number of hydrogen-bond donors (Lipinski definition) is 0. The van der Waals surface area contributed by atoms with Crippen molar-refractivity contribution < 1.29 is 9.53 Å². The van der Waals surface area contributed by atoms with Gasteiger partial charge in [-0.15, -0.1) is 0 Å². The van der Waals surface area contributed by atoms with E-state index in [4.69, 9.17) is 4.74 Å². The first-order chi connectivity index (χ1) is 10.1. The van der Waals surface area contributed by atoms with Crippen molar-refractivity contribution in [3.8, 4) is 0 Å². The van der Waals surface area contributed by atoms with Crippen LogP contribution in [0.25, 0.3) is 0 Å². The first-order valence-corrected chi connectivity index (χ1v) is 9.33. The third kappa shape index (κ3) is 2.70. The zero-order valence-corrected chi connectivity index (χ0v) is 13.7. The molecule has 3 nitrogen and oxygen atoms in total. The maximum absolute atomic E-state index is 12.4. The van der Waals surface area contributed by atoms with Crippen molar-refractivity contribution in [2.75, 3.05) is 13.2 Å². The van der Waals surface area contributed by atoms with Crippen LogP contribution in [0.1, 0.15) is 51.9 Å². The number of rotatable bonds is 4. The van der Waals surface area contributed by atoms with Gasteiger partial charge < -0.3 is 4.74 Å². The maximum atomic E-state index is 12.4. The lowest BCUT2D eigenvalue weighted by molar-refractivity contribution is -0.119. The number of aliphatic imine (C=N–C) groups is 1. The molecule has 3 fully saturated rings. The smallest absolute Gasteiger partial charge is 0.262 e. The third-order valence-electron chi connectivity index (χ3n) is 6.05. The van der Waals surface area contributed by atoms with Crippen LogP contribution in [0.15, 0.2) is 4.99 Å². The fraction of sp³-hybridized carbons (Fsp3) is 0.882. The molecule has 116 valence electrons. The van der Waals surface area contributed by atoms with E-state index < -0.39 is 0 Å². The van der Waals surface area contributed by atoms with Crippen LogP contribution in [0, 0.1) is 23.7 Å². The minimum atomic E-state index is -0.314. The molecule has 2 bridgehead atoms. The Morgan fingerprint density at radius 1 is 1.33 bits per heavy atom. The zero-order chi connectivity index (χ0) is 14.4. The largest absolute Gasteiger partial charge is 0.381 e. The summed E-state index contributed by atoms with van der Waals surface area (Å²) in [6.45, 7) is 3.78. The average molecular weight is 307 g/mol. The highest BCUT2D eigenvalue weighted by Gasteiger charge is 2.45. The molecule has 1 saturated heterocycles. The van der Waals surface area contributed by atoms with Crippen molar-refractivity contribution in [2.24, 2.45) is 28.7 Å². The number of fused-ring (bicyclic) bond motifs is 2. The van der Waals surface area contributed by atoms with E-state index in [1.54, 1.807) is 11.8 Å². The summed E-state index contributed by atoms with van der Waals surface area (Å²) in [7, 11) is 0. The highest BCUT2D eigenvalue weighted by atomic mass is 32.2. The molecule has 2 aliphatic carbocycles. The van der Waals surface area contributed by atoms with E-state index in [0.717, 1.165) is 55.3 Å². The summed E-state index contributed by atoms with van der Waals surface area (Å²) in [4.78, 5) is 16.8. The topological polar surface area (TPSA) is 38.7 Å². The molecular formula is C17H25NO2S. The average Bonchev–Trinajstić information content (AvgIpc) is 3.17. The van der Waals surface area contributed by atoms with Crippen molar-refractivity contribution in [3.63, 3.8) is 0 Å². The minimum Gasteiger partial charge on any atom is -0.381 e. The molecule has 1 amide bonds. The number of nitrogens with zero attached hydrogens (tertiary/aromatic N) is 1. The second-order valence-corrected chi connectivity index (χ2v) is 9.29. The fourth-order valence-corrected chi connectivity index (χ4v) is 6.32. The number of thioether (sulfide) groups is 1. The van der Waals surface area contributed by atoms with Crippen molar-refractivity contribution in [1.29, 1.82) is 0 Å². The first-order valence-electron chi connectivity index (χ1n) is 8.51. The van der Waals surface area contributed by atoms with E-state index in [9.17, 15) is 4.79 Å². The highest BCUT2D eigenvalue weighted by Crippen LogP contribution is 2.51. The van der Waals surface area contributed by atoms with Gasteiger partial charge in [0.15, 0.2) is 0 Å². The van der Waals surface area contributed by atoms with Crippen LogP contribution >= 0.6 is 11.8 Å². The predicted octanol–water partition coefficient (Wildman–Crippen LogP) is 3.67. The molecule has 2 unspecified atom stereocenters. The number of carbonyl (C=O) groups excluding carboxylic acids is 1. The lowest BCUT2D eigenvalue weighted by atomic mass is 9.87. The maximum Gasteiger partial charge on any atom is 0.262 e. The van der Waals surface area contributed by atoms with Crippen LogP contribution in [0.3, 0.4) is 0 Å². The number of carbonyl (C=O) groups is 1. The molecule has 0 aromatic carbocycles. The Labute approximate surface area is 131 Å². The molecule has 4 aliphatic rings. The van der Waals surface area contributed by atoms with Gasteiger partial charge in [-0.2, -0.15) is 0 Å². The molecule has 5 atom stereocenters. The molecule has 0 aromatic rings.